The number of para-hydroxylation sites is 1. The molecule has 1 atom stereocenters. The van der Waals surface area contributed by atoms with Gasteiger partial charge in [-0.05, 0) is 54.1 Å². The largest absolute Gasteiger partial charge is 0.387 e. The molecule has 0 bridgehead atoms. The summed E-state index contributed by atoms with van der Waals surface area (Å²) in [5, 5.41) is 8.20. The maximum absolute atomic E-state index is 4.47. The number of anilines is 1. The average molecular weight is 341 g/mol. The first-order valence-electron chi connectivity index (χ1n) is 8.90. The summed E-state index contributed by atoms with van der Waals surface area (Å²) in [7, 11) is 0. The normalized spacial score (nSPS) is 14.6. The number of H-pyrrole nitrogens is 1. The van der Waals surface area contributed by atoms with E-state index in [4.69, 9.17) is 0 Å². The van der Waals surface area contributed by atoms with Gasteiger partial charge in [0.2, 0.25) is 0 Å². The van der Waals surface area contributed by atoms with Gasteiger partial charge in [0.1, 0.15) is 0 Å². The number of aryl methyl sites for hydroxylation is 1. The molecule has 0 saturated carbocycles. The van der Waals surface area contributed by atoms with Crippen molar-refractivity contribution in [3.8, 4) is 0 Å². The van der Waals surface area contributed by atoms with Gasteiger partial charge < -0.3 is 15.6 Å². The number of aromatic amines is 1. The van der Waals surface area contributed by atoms with E-state index < -0.39 is 0 Å². The minimum atomic E-state index is 0.0217. The Morgan fingerprint density at radius 1 is 1.15 bits per heavy atom. The van der Waals surface area contributed by atoms with E-state index in [1.54, 1.807) is 0 Å². The second kappa shape index (κ2) is 6.96. The summed E-state index contributed by atoms with van der Waals surface area (Å²) in [5.41, 5.74) is 6.96. The number of hydrogen-bond donors (Lipinski definition) is 3. The van der Waals surface area contributed by atoms with E-state index in [0.717, 1.165) is 28.9 Å². The number of hydrogen-bond acceptors (Lipinski definition) is 2. The number of dihydropyridines is 1. The van der Waals surface area contributed by atoms with E-state index in [1.807, 2.05) is 18.3 Å². The molecular weight excluding hydrogens is 318 g/mol. The smallest absolute Gasteiger partial charge is 0.0748 e. The van der Waals surface area contributed by atoms with Gasteiger partial charge in [0.05, 0.1) is 6.04 Å². The number of aromatic nitrogens is 1. The summed E-state index contributed by atoms with van der Waals surface area (Å²) >= 11 is 0. The van der Waals surface area contributed by atoms with Crippen LogP contribution in [-0.4, -0.2) is 17.6 Å². The molecule has 1 aliphatic heterocycles. The molecule has 26 heavy (non-hydrogen) atoms. The van der Waals surface area contributed by atoms with Crippen LogP contribution >= 0.6 is 0 Å². The predicted molar refractivity (Wildman–Crippen MR) is 111 cm³/mol. The molecule has 0 amide bonds. The summed E-state index contributed by atoms with van der Waals surface area (Å²) in [6.07, 6.45) is 8.25. The SMILES string of the molecule is C=C(c1c[nH]c2ccccc12)C(Nc1cccc(C)c1)C1=CC=CNC1. The topological polar surface area (TPSA) is 39.9 Å². The highest BCUT2D eigenvalue weighted by Gasteiger charge is 2.21. The zero-order valence-corrected chi connectivity index (χ0v) is 14.9. The Bertz CT molecular complexity index is 1010. The van der Waals surface area contributed by atoms with Crippen LogP contribution in [0.25, 0.3) is 16.5 Å². The fraction of sp³-hybridized carbons (Fsp3) is 0.130. The lowest BCUT2D eigenvalue weighted by Crippen LogP contribution is -2.29. The fourth-order valence-electron chi connectivity index (χ4n) is 3.47. The molecule has 4 rings (SSSR count). The van der Waals surface area contributed by atoms with E-state index in [1.165, 1.54) is 16.5 Å². The van der Waals surface area contributed by atoms with Crippen LogP contribution in [0, 0.1) is 6.92 Å². The van der Waals surface area contributed by atoms with Gasteiger partial charge in [-0.1, -0.05) is 43.0 Å². The first-order chi connectivity index (χ1) is 12.7. The fourth-order valence-corrected chi connectivity index (χ4v) is 3.47. The molecule has 0 fully saturated rings. The zero-order chi connectivity index (χ0) is 17.9. The summed E-state index contributed by atoms with van der Waals surface area (Å²) in [4.78, 5) is 3.36. The van der Waals surface area contributed by atoms with E-state index in [0.29, 0.717) is 0 Å². The van der Waals surface area contributed by atoms with Crippen molar-refractivity contribution in [1.29, 1.82) is 0 Å². The first-order valence-corrected chi connectivity index (χ1v) is 8.90. The summed E-state index contributed by atoms with van der Waals surface area (Å²) < 4.78 is 0. The van der Waals surface area contributed by atoms with Gasteiger partial charge in [-0.2, -0.15) is 0 Å². The van der Waals surface area contributed by atoms with Crippen LogP contribution in [0.2, 0.25) is 0 Å². The third-order valence-corrected chi connectivity index (χ3v) is 4.81. The minimum Gasteiger partial charge on any atom is -0.387 e. The second-order valence-corrected chi connectivity index (χ2v) is 6.70. The highest BCUT2D eigenvalue weighted by atomic mass is 14.9. The molecule has 3 heteroatoms. The molecule has 0 aliphatic carbocycles. The Morgan fingerprint density at radius 3 is 2.85 bits per heavy atom. The first kappa shape index (κ1) is 16.3. The van der Waals surface area contributed by atoms with Gasteiger partial charge in [0.15, 0.2) is 0 Å². The zero-order valence-electron chi connectivity index (χ0n) is 14.9. The number of rotatable bonds is 5. The van der Waals surface area contributed by atoms with Crippen LogP contribution in [0.5, 0.6) is 0 Å². The van der Waals surface area contributed by atoms with Gasteiger partial charge in [-0.3, -0.25) is 0 Å². The third kappa shape index (κ3) is 3.16. The van der Waals surface area contributed by atoms with Crippen LogP contribution in [0.1, 0.15) is 11.1 Å². The molecule has 1 unspecified atom stereocenters. The van der Waals surface area contributed by atoms with Crippen molar-refractivity contribution < 1.29 is 0 Å². The Kier molecular flexibility index (Phi) is 4.36. The van der Waals surface area contributed by atoms with E-state index in [9.17, 15) is 0 Å². The molecule has 0 saturated heterocycles. The van der Waals surface area contributed by atoms with E-state index in [2.05, 4.69) is 83.9 Å². The number of benzene rings is 2. The van der Waals surface area contributed by atoms with Crippen molar-refractivity contribution in [3.63, 3.8) is 0 Å². The molecule has 0 spiro atoms. The van der Waals surface area contributed by atoms with Crippen molar-refractivity contribution in [3.05, 3.63) is 96.4 Å². The minimum absolute atomic E-state index is 0.0217. The Hall–Kier alpha value is -3.20. The summed E-state index contributed by atoms with van der Waals surface area (Å²) in [5.74, 6) is 0. The quantitative estimate of drug-likeness (QED) is 0.610. The van der Waals surface area contributed by atoms with Crippen molar-refractivity contribution >= 4 is 22.2 Å². The average Bonchev–Trinajstić information content (AvgIpc) is 3.10. The van der Waals surface area contributed by atoms with Crippen LogP contribution in [-0.2, 0) is 0 Å². The summed E-state index contributed by atoms with van der Waals surface area (Å²) in [6.45, 7) is 7.38. The lowest BCUT2D eigenvalue weighted by atomic mass is 9.92. The maximum atomic E-state index is 4.47. The van der Waals surface area contributed by atoms with Gasteiger partial charge >= 0.3 is 0 Å². The standard InChI is InChI=1S/C23H23N3/c1-16-7-5-9-19(13-16)26-23(18-8-6-12-24-14-18)17(2)21-15-25-22-11-4-3-10-20(21)22/h3-13,15,23-26H,2,14H2,1H3. The van der Waals surface area contributed by atoms with E-state index in [-0.39, 0.29) is 6.04 Å². The number of allylic oxidation sites excluding steroid dienone is 2. The van der Waals surface area contributed by atoms with Crippen LogP contribution < -0.4 is 10.6 Å². The maximum Gasteiger partial charge on any atom is 0.0748 e. The molecule has 1 aliphatic rings. The molecule has 1 aromatic heterocycles. The molecular formula is C23H23N3. The van der Waals surface area contributed by atoms with Gasteiger partial charge in [-0.15, -0.1) is 0 Å². The molecule has 0 radical (unpaired) electrons. The number of nitrogens with one attached hydrogen (secondary N) is 3. The Morgan fingerprint density at radius 2 is 2.04 bits per heavy atom. The van der Waals surface area contributed by atoms with Gasteiger partial charge in [-0.25, -0.2) is 0 Å². The van der Waals surface area contributed by atoms with Crippen molar-refractivity contribution in [2.75, 3.05) is 11.9 Å². The molecule has 3 aromatic rings. The summed E-state index contributed by atoms with van der Waals surface area (Å²) in [6, 6.07) is 16.8. The molecule has 130 valence electrons. The van der Waals surface area contributed by atoms with Crippen molar-refractivity contribution in [2.24, 2.45) is 0 Å². The third-order valence-electron chi connectivity index (χ3n) is 4.81. The number of fused-ring (bicyclic) bond motifs is 1. The van der Waals surface area contributed by atoms with Crippen molar-refractivity contribution in [2.45, 2.75) is 13.0 Å². The van der Waals surface area contributed by atoms with Crippen molar-refractivity contribution in [1.82, 2.24) is 10.3 Å². The predicted octanol–water partition coefficient (Wildman–Crippen LogP) is 5.01. The highest BCUT2D eigenvalue weighted by Crippen LogP contribution is 2.31. The van der Waals surface area contributed by atoms with E-state index >= 15 is 0 Å². The molecule has 3 N–H and O–H groups in total. The Labute approximate surface area is 154 Å². The van der Waals surface area contributed by atoms with Gasteiger partial charge in [0.25, 0.3) is 0 Å². The highest BCUT2D eigenvalue weighted by molar-refractivity contribution is 5.94. The lowest BCUT2D eigenvalue weighted by Gasteiger charge is -2.26. The molecule has 3 nitrogen and oxygen atoms in total. The molecule has 2 heterocycles. The van der Waals surface area contributed by atoms with Crippen LogP contribution in [0.4, 0.5) is 5.69 Å². The monoisotopic (exact) mass is 341 g/mol. The molecule has 2 aromatic carbocycles. The van der Waals surface area contributed by atoms with Crippen LogP contribution in [0.3, 0.4) is 0 Å². The second-order valence-electron chi connectivity index (χ2n) is 6.70. The lowest BCUT2D eigenvalue weighted by molar-refractivity contribution is 0.860. The Balaban J connectivity index is 1.73. The van der Waals surface area contributed by atoms with Crippen LogP contribution in [0.15, 0.2) is 85.2 Å². The van der Waals surface area contributed by atoms with Gasteiger partial charge in [0, 0.05) is 34.9 Å².